The summed E-state index contributed by atoms with van der Waals surface area (Å²) < 4.78 is 0. The van der Waals surface area contributed by atoms with Crippen molar-refractivity contribution >= 4 is 66.7 Å². The number of hydrogen-bond donors (Lipinski definition) is 0. The highest BCUT2D eigenvalue weighted by molar-refractivity contribution is 6.13. The molecule has 0 unspecified atom stereocenters. The second-order valence-corrected chi connectivity index (χ2v) is 15.4. The van der Waals surface area contributed by atoms with Crippen LogP contribution in [-0.4, -0.2) is 19.9 Å². The van der Waals surface area contributed by atoms with Gasteiger partial charge in [0.2, 0.25) is 0 Å². The smallest absolute Gasteiger partial charge is 0.168 e. The molecule has 6 heteroatoms. The molecular formula is C56H36N6. The van der Waals surface area contributed by atoms with E-state index in [1.54, 1.807) is 0 Å². The number of fused-ring (bicyclic) bond motifs is 5. The summed E-state index contributed by atoms with van der Waals surface area (Å²) in [6.07, 6.45) is 0. The van der Waals surface area contributed by atoms with Gasteiger partial charge in [-0.2, -0.15) is 0 Å². The molecule has 9 aromatic carbocycles. The topological polar surface area (TPSA) is 58.0 Å². The molecule has 0 atom stereocenters. The maximum atomic E-state index is 5.35. The van der Waals surface area contributed by atoms with E-state index in [0.717, 1.165) is 94.7 Å². The zero-order valence-electron chi connectivity index (χ0n) is 33.5. The van der Waals surface area contributed by atoms with E-state index >= 15 is 0 Å². The molecule has 0 N–H and O–H groups in total. The largest absolute Gasteiger partial charge is 0.310 e. The summed E-state index contributed by atoms with van der Waals surface area (Å²) in [5.74, 6) is 1.24. The van der Waals surface area contributed by atoms with Crippen molar-refractivity contribution < 1.29 is 0 Å². The van der Waals surface area contributed by atoms with Crippen LogP contribution >= 0.6 is 0 Å². The molecular weight excluding hydrogens is 757 g/mol. The summed E-state index contributed by atoms with van der Waals surface area (Å²) in [4.78, 5) is 26.0. The number of hydrogen-bond acceptors (Lipinski definition) is 6. The molecule has 0 aliphatic heterocycles. The summed E-state index contributed by atoms with van der Waals surface area (Å²) in [7, 11) is 0. The van der Waals surface area contributed by atoms with E-state index < -0.39 is 0 Å². The van der Waals surface area contributed by atoms with Crippen LogP contribution in [0.15, 0.2) is 218 Å². The van der Waals surface area contributed by atoms with Gasteiger partial charge < -0.3 is 9.80 Å². The quantitative estimate of drug-likeness (QED) is 0.153. The lowest BCUT2D eigenvalue weighted by atomic mass is 10.00. The Labute approximate surface area is 358 Å². The first-order chi connectivity index (χ1) is 30.8. The molecule has 2 heterocycles. The predicted octanol–water partition coefficient (Wildman–Crippen LogP) is 14.6. The average molecular weight is 793 g/mol. The van der Waals surface area contributed by atoms with Crippen molar-refractivity contribution in [3.8, 4) is 45.3 Å². The van der Waals surface area contributed by atoms with Gasteiger partial charge >= 0.3 is 0 Å². The molecule has 12 rings (SSSR count). The van der Waals surface area contributed by atoms with E-state index in [-0.39, 0.29) is 0 Å². The Kier molecular flexibility index (Phi) is 8.38. The van der Waals surface area contributed by atoms with Crippen molar-refractivity contribution in [3.63, 3.8) is 0 Å². The number of aromatic nitrogens is 4. The van der Waals surface area contributed by atoms with E-state index in [9.17, 15) is 0 Å². The third kappa shape index (κ3) is 5.80. The van der Waals surface area contributed by atoms with Crippen LogP contribution in [0.25, 0.3) is 77.9 Å². The molecule has 290 valence electrons. The number of benzene rings is 9. The second-order valence-electron chi connectivity index (χ2n) is 15.4. The Bertz CT molecular complexity index is 3160. The van der Waals surface area contributed by atoms with Crippen molar-refractivity contribution in [2.45, 2.75) is 0 Å². The van der Waals surface area contributed by atoms with Gasteiger partial charge in [-0.1, -0.05) is 146 Å². The van der Waals surface area contributed by atoms with Crippen molar-refractivity contribution in [2.75, 3.05) is 9.80 Å². The molecule has 0 fully saturated rings. The van der Waals surface area contributed by atoms with Crippen LogP contribution in [0.5, 0.6) is 0 Å². The predicted molar refractivity (Wildman–Crippen MR) is 255 cm³/mol. The minimum atomic E-state index is 0.618. The van der Waals surface area contributed by atoms with Crippen LogP contribution in [0.1, 0.15) is 0 Å². The van der Waals surface area contributed by atoms with E-state index in [1.165, 1.54) is 0 Å². The van der Waals surface area contributed by atoms with Crippen LogP contribution in [0.3, 0.4) is 0 Å². The minimum Gasteiger partial charge on any atom is -0.310 e. The van der Waals surface area contributed by atoms with Crippen molar-refractivity contribution in [1.29, 1.82) is 0 Å². The molecule has 0 amide bonds. The van der Waals surface area contributed by atoms with Gasteiger partial charge in [0.25, 0.3) is 0 Å². The summed E-state index contributed by atoms with van der Waals surface area (Å²) in [5.41, 5.74) is 12.7. The zero-order chi connectivity index (χ0) is 41.0. The standard InChI is InChI=1S/C56H36N6/c1-5-19-37(20-6-1)61(38-21-7-2-8-22-38)49-35-33-47(41-27-13-15-29-43(41)49)54-57-52-45-31-17-18-32-46(45)53-51(52)56(59-54)60-55(58-53)48-34-36-50(44-30-16-14-28-42(44)48)62(39-23-9-3-10-24-39)40-25-11-4-12-26-40/h1-36H. The molecule has 0 bridgehead atoms. The zero-order valence-corrected chi connectivity index (χ0v) is 33.5. The molecule has 2 aromatic heterocycles. The van der Waals surface area contributed by atoms with Crippen molar-refractivity contribution in [1.82, 2.24) is 19.9 Å². The first-order valence-electron chi connectivity index (χ1n) is 20.8. The van der Waals surface area contributed by atoms with E-state index in [1.807, 2.05) is 0 Å². The fourth-order valence-corrected chi connectivity index (χ4v) is 9.07. The first kappa shape index (κ1) is 35.5. The fraction of sp³-hybridized carbons (Fsp3) is 0. The van der Waals surface area contributed by atoms with E-state index in [2.05, 4.69) is 228 Å². The molecule has 1 aliphatic carbocycles. The van der Waals surface area contributed by atoms with E-state index in [4.69, 9.17) is 19.9 Å². The third-order valence-electron chi connectivity index (χ3n) is 11.8. The number of rotatable bonds is 8. The van der Waals surface area contributed by atoms with Gasteiger partial charge in [-0.3, -0.25) is 0 Å². The van der Waals surface area contributed by atoms with Gasteiger partial charge in [0.15, 0.2) is 17.3 Å². The summed E-state index contributed by atoms with van der Waals surface area (Å²) >= 11 is 0. The van der Waals surface area contributed by atoms with Gasteiger partial charge in [0.05, 0.1) is 28.1 Å². The Hall–Kier alpha value is -8.48. The van der Waals surface area contributed by atoms with Crippen LogP contribution in [-0.2, 0) is 0 Å². The normalized spacial score (nSPS) is 11.5. The van der Waals surface area contributed by atoms with Crippen molar-refractivity contribution in [2.24, 2.45) is 0 Å². The van der Waals surface area contributed by atoms with Crippen LogP contribution in [0.4, 0.5) is 34.1 Å². The second kappa shape index (κ2) is 14.7. The Morgan fingerprint density at radius 2 is 0.581 bits per heavy atom. The van der Waals surface area contributed by atoms with Gasteiger partial charge in [-0.15, -0.1) is 0 Å². The Morgan fingerprint density at radius 3 is 0.952 bits per heavy atom. The van der Waals surface area contributed by atoms with Crippen LogP contribution in [0.2, 0.25) is 0 Å². The third-order valence-corrected chi connectivity index (χ3v) is 11.8. The molecule has 6 nitrogen and oxygen atoms in total. The highest BCUT2D eigenvalue weighted by Gasteiger charge is 2.29. The van der Waals surface area contributed by atoms with Crippen LogP contribution in [0, 0.1) is 0 Å². The molecule has 1 aliphatic rings. The molecule has 11 aromatic rings. The number of anilines is 6. The van der Waals surface area contributed by atoms with Gasteiger partial charge in [0.1, 0.15) is 0 Å². The lowest BCUT2D eigenvalue weighted by Gasteiger charge is -2.27. The van der Waals surface area contributed by atoms with Gasteiger partial charge in [0, 0.05) is 55.8 Å². The number of nitrogens with zero attached hydrogens (tertiary/aromatic N) is 6. The summed E-state index contributed by atoms with van der Waals surface area (Å²) in [5, 5.41) is 5.16. The Balaban J connectivity index is 1.05. The fourth-order valence-electron chi connectivity index (χ4n) is 9.07. The SMILES string of the molecule is c1ccc(N(c2ccccc2)c2ccc(-c3nc4c5c(nc(-c6ccc(N(c7ccccc7)c7ccccc7)c7ccccc67)nc5n3)-c3ccccc3-4)c3ccccc23)cc1. The molecule has 62 heavy (non-hydrogen) atoms. The summed E-state index contributed by atoms with van der Waals surface area (Å²) in [6.45, 7) is 0. The monoisotopic (exact) mass is 792 g/mol. The average Bonchev–Trinajstić information content (AvgIpc) is 3.67. The van der Waals surface area contributed by atoms with Gasteiger partial charge in [-0.05, 0) is 83.6 Å². The maximum Gasteiger partial charge on any atom is 0.168 e. The minimum absolute atomic E-state index is 0.618. The first-order valence-corrected chi connectivity index (χ1v) is 20.8. The highest BCUT2D eigenvalue weighted by Crippen LogP contribution is 2.48. The number of para-hydroxylation sites is 4. The summed E-state index contributed by atoms with van der Waals surface area (Å²) in [6, 6.07) is 76.2. The molecule has 0 radical (unpaired) electrons. The van der Waals surface area contributed by atoms with E-state index in [0.29, 0.717) is 17.3 Å². The van der Waals surface area contributed by atoms with Gasteiger partial charge in [-0.25, -0.2) is 19.9 Å². The Morgan fingerprint density at radius 1 is 0.258 bits per heavy atom. The molecule has 0 saturated heterocycles. The van der Waals surface area contributed by atoms with Crippen LogP contribution < -0.4 is 9.80 Å². The van der Waals surface area contributed by atoms with Crippen molar-refractivity contribution in [3.05, 3.63) is 218 Å². The molecule has 0 saturated carbocycles. The lowest BCUT2D eigenvalue weighted by Crippen LogP contribution is -2.10. The highest BCUT2D eigenvalue weighted by atomic mass is 15.1. The lowest BCUT2D eigenvalue weighted by molar-refractivity contribution is 1.17. The maximum absolute atomic E-state index is 5.35. The molecule has 0 spiro atoms.